The lowest BCUT2D eigenvalue weighted by Gasteiger charge is -2.18. The Hall–Kier alpha value is -3.71. The number of amides is 1. The minimum Gasteiger partial charge on any atom is -0.494 e. The highest BCUT2D eigenvalue weighted by Gasteiger charge is 2.35. The van der Waals surface area contributed by atoms with Crippen LogP contribution in [-0.2, 0) is 11.3 Å². The van der Waals surface area contributed by atoms with Crippen molar-refractivity contribution in [3.05, 3.63) is 103 Å². The molecule has 2 aromatic carbocycles. The smallest absolute Gasteiger partial charge is 0.271 e. The van der Waals surface area contributed by atoms with Crippen molar-refractivity contribution in [3.63, 3.8) is 0 Å². The van der Waals surface area contributed by atoms with Gasteiger partial charge in [-0.3, -0.25) is 23.9 Å². The monoisotopic (exact) mass is 535 g/mol. The van der Waals surface area contributed by atoms with Crippen LogP contribution in [0.15, 0.2) is 64.3 Å². The van der Waals surface area contributed by atoms with Crippen molar-refractivity contribution in [1.82, 2.24) is 9.47 Å². The van der Waals surface area contributed by atoms with E-state index in [1.54, 1.807) is 30.3 Å². The number of carbonyl (C=O) groups excluding carboxylic acids is 2. The van der Waals surface area contributed by atoms with Crippen LogP contribution in [0.4, 0.5) is 0 Å². The third kappa shape index (κ3) is 4.84. The maximum Gasteiger partial charge on any atom is 0.271 e. The lowest BCUT2D eigenvalue weighted by molar-refractivity contribution is -0.121. The number of thioether (sulfide) groups is 1. The summed E-state index contributed by atoms with van der Waals surface area (Å²) in [6.07, 6.45) is 1.68. The molecule has 4 rings (SSSR count). The first-order valence-corrected chi connectivity index (χ1v) is 12.3. The molecule has 1 fully saturated rings. The topological polar surface area (TPSA) is 103 Å². The lowest BCUT2D eigenvalue weighted by Crippen LogP contribution is -2.35. The normalized spacial score (nSPS) is 14.4. The van der Waals surface area contributed by atoms with Gasteiger partial charge in [0.15, 0.2) is 5.78 Å². The molecular weight excluding hydrogens is 518 g/mol. The van der Waals surface area contributed by atoms with Crippen molar-refractivity contribution >= 4 is 57.7 Å². The minimum atomic E-state index is -0.750. The molecule has 0 atom stereocenters. The van der Waals surface area contributed by atoms with Gasteiger partial charge in [0.05, 0.1) is 23.6 Å². The number of ketones is 1. The average molecular weight is 536 g/mol. The first-order valence-electron chi connectivity index (χ1n) is 10.7. The summed E-state index contributed by atoms with van der Waals surface area (Å²) in [6, 6.07) is 17.8. The number of pyridine rings is 1. The van der Waals surface area contributed by atoms with Crippen molar-refractivity contribution in [1.29, 1.82) is 5.26 Å². The Morgan fingerprint density at radius 2 is 1.83 bits per heavy atom. The maximum absolute atomic E-state index is 13.4. The summed E-state index contributed by atoms with van der Waals surface area (Å²) in [5, 5.41) is 20.9. The molecule has 3 aromatic rings. The SMILES string of the molecule is Cc1c(C(=O)CN2C(=O)/C(=C/c3ccccc3)SC2=S)c(O)n(Cc2ccccc2Cl)c(=O)c1C#N. The molecule has 0 bridgehead atoms. The number of thiocarbonyl (C=S) groups is 1. The quantitative estimate of drug-likeness (QED) is 0.281. The molecule has 7 nitrogen and oxygen atoms in total. The lowest BCUT2D eigenvalue weighted by atomic mass is 10.0. The zero-order chi connectivity index (χ0) is 26.0. The first-order chi connectivity index (χ1) is 17.2. The van der Waals surface area contributed by atoms with Crippen LogP contribution in [0.1, 0.15) is 32.6 Å². The van der Waals surface area contributed by atoms with E-state index < -0.39 is 29.7 Å². The standard InChI is InChI=1S/C26H18ClN3O4S2/c1-15-18(12-28)23(32)29(13-17-9-5-6-10-19(17)27)25(34)22(15)20(31)14-30-24(33)21(36-26(30)35)11-16-7-3-2-4-8-16/h2-11,34H,13-14H2,1H3/b21-11-. The van der Waals surface area contributed by atoms with Crippen molar-refractivity contribution < 1.29 is 14.7 Å². The summed E-state index contributed by atoms with van der Waals surface area (Å²) in [5.74, 6) is -1.71. The van der Waals surface area contributed by atoms with Gasteiger partial charge in [-0.05, 0) is 35.8 Å². The molecule has 2 heterocycles. The van der Waals surface area contributed by atoms with E-state index in [2.05, 4.69) is 0 Å². The van der Waals surface area contributed by atoms with E-state index in [-0.39, 0.29) is 27.6 Å². The molecule has 180 valence electrons. The summed E-state index contributed by atoms with van der Waals surface area (Å²) in [6.45, 7) is 0.799. The molecule has 1 saturated heterocycles. The van der Waals surface area contributed by atoms with Gasteiger partial charge in [0.1, 0.15) is 16.0 Å². The fourth-order valence-corrected chi connectivity index (χ4v) is 5.24. The molecule has 0 radical (unpaired) electrons. The summed E-state index contributed by atoms with van der Waals surface area (Å²) >= 11 is 12.6. The van der Waals surface area contributed by atoms with Gasteiger partial charge in [0.25, 0.3) is 11.5 Å². The maximum atomic E-state index is 13.4. The van der Waals surface area contributed by atoms with Crippen LogP contribution in [0.25, 0.3) is 6.08 Å². The van der Waals surface area contributed by atoms with Crippen molar-refractivity contribution in [2.45, 2.75) is 13.5 Å². The van der Waals surface area contributed by atoms with Gasteiger partial charge in [-0.1, -0.05) is 84.1 Å². The Morgan fingerprint density at radius 3 is 2.50 bits per heavy atom. The number of carbonyl (C=O) groups is 2. The summed E-state index contributed by atoms with van der Waals surface area (Å²) in [4.78, 5) is 40.8. The third-order valence-electron chi connectivity index (χ3n) is 5.64. The third-order valence-corrected chi connectivity index (χ3v) is 7.38. The number of aromatic hydroxyl groups is 1. The Balaban J connectivity index is 1.69. The van der Waals surface area contributed by atoms with Crippen molar-refractivity contribution in [2.75, 3.05) is 6.54 Å². The van der Waals surface area contributed by atoms with Crippen LogP contribution in [0.3, 0.4) is 0 Å². The molecule has 0 spiro atoms. The Morgan fingerprint density at radius 1 is 1.17 bits per heavy atom. The number of hydrogen-bond donors (Lipinski definition) is 1. The molecular formula is C26H18ClN3O4S2. The van der Waals surface area contributed by atoms with Crippen LogP contribution in [0, 0.1) is 18.3 Å². The number of Topliss-reactive ketones (excluding diaryl/α,β-unsaturated/α-hetero) is 1. The van der Waals surface area contributed by atoms with Gasteiger partial charge >= 0.3 is 0 Å². The summed E-state index contributed by atoms with van der Waals surface area (Å²) < 4.78 is 1.12. The largest absolute Gasteiger partial charge is 0.494 e. The zero-order valence-electron chi connectivity index (χ0n) is 18.9. The fraction of sp³-hybridized carbons (Fsp3) is 0.115. The van der Waals surface area contributed by atoms with Crippen LogP contribution in [-0.4, -0.2) is 37.1 Å². The highest BCUT2D eigenvalue weighted by atomic mass is 35.5. The number of rotatable bonds is 6. The second-order valence-corrected chi connectivity index (χ2v) is 9.98. The highest BCUT2D eigenvalue weighted by molar-refractivity contribution is 8.26. The predicted molar refractivity (Wildman–Crippen MR) is 143 cm³/mol. The Bertz CT molecular complexity index is 1540. The first kappa shape index (κ1) is 25.4. The molecule has 1 amide bonds. The predicted octanol–water partition coefficient (Wildman–Crippen LogP) is 4.52. The van der Waals surface area contributed by atoms with Crippen LogP contribution in [0.5, 0.6) is 5.88 Å². The second kappa shape index (κ2) is 10.5. The molecule has 1 aromatic heterocycles. The van der Waals surface area contributed by atoms with Crippen LogP contribution < -0.4 is 5.56 Å². The van der Waals surface area contributed by atoms with Crippen molar-refractivity contribution in [2.24, 2.45) is 0 Å². The van der Waals surface area contributed by atoms with E-state index in [1.165, 1.54) is 6.92 Å². The summed E-state index contributed by atoms with van der Waals surface area (Å²) in [5.41, 5.74) is 0.108. The van der Waals surface area contributed by atoms with E-state index in [0.29, 0.717) is 15.5 Å². The zero-order valence-corrected chi connectivity index (χ0v) is 21.3. The van der Waals surface area contributed by atoms with Crippen LogP contribution >= 0.6 is 35.6 Å². The van der Waals surface area contributed by atoms with E-state index in [9.17, 15) is 24.8 Å². The van der Waals surface area contributed by atoms with Gasteiger partial charge in [0.2, 0.25) is 5.88 Å². The fourth-order valence-electron chi connectivity index (χ4n) is 3.79. The molecule has 1 N–H and O–H groups in total. The van der Waals surface area contributed by atoms with Gasteiger partial charge in [-0.25, -0.2) is 0 Å². The van der Waals surface area contributed by atoms with Crippen molar-refractivity contribution in [3.8, 4) is 11.9 Å². The van der Waals surface area contributed by atoms with Gasteiger partial charge in [0, 0.05) is 5.02 Å². The Labute approximate surface area is 221 Å². The van der Waals surface area contributed by atoms with E-state index in [1.807, 2.05) is 36.4 Å². The minimum absolute atomic E-state index is 0.0330. The number of aromatic nitrogens is 1. The molecule has 0 unspecified atom stereocenters. The molecule has 1 aliphatic rings. The average Bonchev–Trinajstić information content (AvgIpc) is 3.11. The van der Waals surface area contributed by atoms with Crippen LogP contribution in [0.2, 0.25) is 5.02 Å². The molecule has 10 heteroatoms. The highest BCUT2D eigenvalue weighted by Crippen LogP contribution is 2.33. The number of nitrogens with zero attached hydrogens (tertiary/aromatic N) is 3. The van der Waals surface area contributed by atoms with E-state index >= 15 is 0 Å². The van der Waals surface area contributed by atoms with Gasteiger partial charge < -0.3 is 5.11 Å². The molecule has 1 aliphatic heterocycles. The Kier molecular flexibility index (Phi) is 7.40. The van der Waals surface area contributed by atoms with Gasteiger partial charge in [-0.2, -0.15) is 5.26 Å². The molecule has 36 heavy (non-hydrogen) atoms. The van der Waals surface area contributed by atoms with E-state index in [0.717, 1.165) is 26.8 Å². The second-order valence-electron chi connectivity index (χ2n) is 7.89. The number of hydrogen-bond acceptors (Lipinski definition) is 7. The number of benzene rings is 2. The number of nitriles is 1. The molecule has 0 saturated carbocycles. The van der Waals surface area contributed by atoms with E-state index in [4.69, 9.17) is 23.8 Å². The number of halogens is 1. The summed E-state index contributed by atoms with van der Waals surface area (Å²) in [7, 11) is 0. The van der Waals surface area contributed by atoms with Gasteiger partial charge in [-0.15, -0.1) is 0 Å². The molecule has 0 aliphatic carbocycles.